The fourth-order valence-corrected chi connectivity index (χ4v) is 2.05. The van der Waals surface area contributed by atoms with Gasteiger partial charge in [0.15, 0.2) is 5.58 Å². The lowest BCUT2D eigenvalue weighted by molar-refractivity contribution is 0.620. The van der Waals surface area contributed by atoms with Crippen LogP contribution in [0.15, 0.2) is 59.5 Å². The number of fused-ring (bicyclic) bond motifs is 2. The van der Waals surface area contributed by atoms with Gasteiger partial charge in [-0.25, -0.2) is 9.97 Å². The van der Waals surface area contributed by atoms with Crippen LogP contribution in [0.3, 0.4) is 0 Å². The van der Waals surface area contributed by atoms with E-state index in [2.05, 4.69) is 9.97 Å². The molecule has 3 aromatic heterocycles. The molecule has 3 heterocycles. The maximum absolute atomic E-state index is 5.74. The Morgan fingerprint density at radius 3 is 3.00 bits per heavy atom. The van der Waals surface area contributed by atoms with Gasteiger partial charge < -0.3 is 8.82 Å². The summed E-state index contributed by atoms with van der Waals surface area (Å²) in [6.07, 6.45) is 5.53. The molecule has 0 saturated heterocycles. The van der Waals surface area contributed by atoms with Crippen LogP contribution in [0.25, 0.3) is 28.1 Å². The molecule has 1 aromatic carbocycles. The lowest BCUT2D eigenvalue weighted by Gasteiger charge is -1.96. The van der Waals surface area contributed by atoms with E-state index in [9.17, 15) is 0 Å². The van der Waals surface area contributed by atoms with Crippen LogP contribution in [0.2, 0.25) is 0 Å². The van der Waals surface area contributed by atoms with Crippen LogP contribution in [0, 0.1) is 0 Å². The molecule has 0 spiro atoms. The number of rotatable bonds is 1. The number of aromatic nitrogens is 3. The molecular weight excluding hydrogens is 226 g/mol. The van der Waals surface area contributed by atoms with Crippen molar-refractivity contribution < 1.29 is 4.42 Å². The topological polar surface area (TPSA) is 43.3 Å². The van der Waals surface area contributed by atoms with Crippen molar-refractivity contribution in [3.05, 3.63) is 55.1 Å². The summed E-state index contributed by atoms with van der Waals surface area (Å²) < 4.78 is 7.69. The minimum absolute atomic E-state index is 0.639. The third-order valence-corrected chi connectivity index (χ3v) is 2.95. The lowest BCUT2D eigenvalue weighted by atomic mass is 10.2. The average Bonchev–Trinajstić information content (AvgIpc) is 3.04. The van der Waals surface area contributed by atoms with Gasteiger partial charge in [-0.2, -0.15) is 0 Å². The Morgan fingerprint density at radius 1 is 1.11 bits per heavy atom. The molecular formula is C14H9N3O. The molecule has 4 aromatic rings. The van der Waals surface area contributed by atoms with Gasteiger partial charge in [-0.3, -0.25) is 0 Å². The molecule has 0 radical (unpaired) electrons. The number of oxazole rings is 1. The predicted molar refractivity (Wildman–Crippen MR) is 68.2 cm³/mol. The number of benzene rings is 1. The largest absolute Gasteiger partial charge is 0.436 e. The minimum Gasteiger partial charge on any atom is -0.436 e. The molecule has 0 saturated carbocycles. The molecule has 4 nitrogen and oxygen atoms in total. The Bertz CT molecular complexity index is 811. The van der Waals surface area contributed by atoms with Gasteiger partial charge in [0.25, 0.3) is 0 Å². The first-order chi connectivity index (χ1) is 8.90. The summed E-state index contributed by atoms with van der Waals surface area (Å²) in [5.74, 6) is 0.639. The highest BCUT2D eigenvalue weighted by Crippen LogP contribution is 2.24. The van der Waals surface area contributed by atoms with Crippen LogP contribution in [0.4, 0.5) is 0 Å². The van der Waals surface area contributed by atoms with Gasteiger partial charge in [0.2, 0.25) is 5.89 Å². The molecule has 0 aliphatic rings. The van der Waals surface area contributed by atoms with E-state index < -0.39 is 0 Å². The van der Waals surface area contributed by atoms with E-state index in [1.165, 1.54) is 0 Å². The van der Waals surface area contributed by atoms with Crippen LogP contribution in [-0.4, -0.2) is 14.4 Å². The number of nitrogens with zero attached hydrogens (tertiary/aromatic N) is 3. The van der Waals surface area contributed by atoms with E-state index in [-0.39, 0.29) is 0 Å². The molecule has 0 amide bonds. The van der Waals surface area contributed by atoms with Crippen LogP contribution in [-0.2, 0) is 0 Å². The highest BCUT2D eigenvalue weighted by molar-refractivity contribution is 5.76. The number of imidazole rings is 1. The summed E-state index contributed by atoms with van der Waals surface area (Å²) in [5.41, 5.74) is 3.66. The zero-order chi connectivity index (χ0) is 11.9. The van der Waals surface area contributed by atoms with Crippen LogP contribution < -0.4 is 0 Å². The molecule has 4 rings (SSSR count). The maximum Gasteiger partial charge on any atom is 0.227 e. The minimum atomic E-state index is 0.639. The fraction of sp³-hybridized carbons (Fsp3) is 0. The van der Waals surface area contributed by atoms with Crippen molar-refractivity contribution in [2.75, 3.05) is 0 Å². The second-order valence-electron chi connectivity index (χ2n) is 4.13. The fourth-order valence-electron chi connectivity index (χ4n) is 2.05. The van der Waals surface area contributed by atoms with Gasteiger partial charge in [-0.15, -0.1) is 0 Å². The van der Waals surface area contributed by atoms with Gasteiger partial charge in [-0.05, 0) is 24.3 Å². The summed E-state index contributed by atoms with van der Waals surface area (Å²) >= 11 is 0. The first-order valence-electron chi connectivity index (χ1n) is 5.68. The van der Waals surface area contributed by atoms with E-state index in [0.717, 1.165) is 22.2 Å². The number of hydrogen-bond acceptors (Lipinski definition) is 3. The Morgan fingerprint density at radius 2 is 2.06 bits per heavy atom. The molecule has 0 aliphatic heterocycles. The zero-order valence-corrected chi connectivity index (χ0v) is 9.45. The Labute approximate surface area is 103 Å². The first-order valence-corrected chi connectivity index (χ1v) is 5.68. The van der Waals surface area contributed by atoms with E-state index in [0.29, 0.717) is 5.89 Å². The average molecular weight is 235 g/mol. The Balaban J connectivity index is 1.94. The normalized spacial score (nSPS) is 11.3. The monoisotopic (exact) mass is 235 g/mol. The molecule has 18 heavy (non-hydrogen) atoms. The smallest absolute Gasteiger partial charge is 0.227 e. The summed E-state index contributed by atoms with van der Waals surface area (Å²) in [5, 5.41) is 0. The highest BCUT2D eigenvalue weighted by atomic mass is 16.3. The second kappa shape index (κ2) is 3.43. The predicted octanol–water partition coefficient (Wildman–Crippen LogP) is 3.14. The van der Waals surface area contributed by atoms with Gasteiger partial charge in [0.1, 0.15) is 5.52 Å². The Kier molecular flexibility index (Phi) is 1.80. The van der Waals surface area contributed by atoms with Crippen LogP contribution in [0.1, 0.15) is 0 Å². The lowest BCUT2D eigenvalue weighted by Crippen LogP contribution is -1.83. The molecule has 0 aliphatic carbocycles. The summed E-state index contributed by atoms with van der Waals surface area (Å²) in [6, 6.07) is 11.7. The van der Waals surface area contributed by atoms with E-state index in [4.69, 9.17) is 4.42 Å². The van der Waals surface area contributed by atoms with Crippen molar-refractivity contribution in [1.29, 1.82) is 0 Å². The van der Waals surface area contributed by atoms with E-state index in [1.807, 2.05) is 53.2 Å². The molecule has 0 bridgehead atoms. The van der Waals surface area contributed by atoms with Crippen molar-refractivity contribution in [2.24, 2.45) is 0 Å². The van der Waals surface area contributed by atoms with Gasteiger partial charge in [0.05, 0.1) is 18.0 Å². The second-order valence-corrected chi connectivity index (χ2v) is 4.13. The molecule has 0 unspecified atom stereocenters. The highest BCUT2D eigenvalue weighted by Gasteiger charge is 2.08. The molecule has 4 heteroatoms. The van der Waals surface area contributed by atoms with E-state index in [1.54, 1.807) is 6.33 Å². The SMILES string of the molecule is c1ccc2oc(-c3ccn4cncc4c3)nc2c1. The summed E-state index contributed by atoms with van der Waals surface area (Å²) in [6.45, 7) is 0. The third kappa shape index (κ3) is 1.32. The quantitative estimate of drug-likeness (QED) is 0.509. The first kappa shape index (κ1) is 9.41. The third-order valence-electron chi connectivity index (χ3n) is 2.95. The van der Waals surface area contributed by atoms with Crippen molar-refractivity contribution >= 4 is 16.6 Å². The number of hydrogen-bond donors (Lipinski definition) is 0. The zero-order valence-electron chi connectivity index (χ0n) is 9.45. The van der Waals surface area contributed by atoms with E-state index >= 15 is 0 Å². The summed E-state index contributed by atoms with van der Waals surface area (Å²) in [7, 11) is 0. The van der Waals surface area contributed by atoms with Crippen molar-refractivity contribution in [3.63, 3.8) is 0 Å². The standard InChI is InChI=1S/C14H9N3O/c1-2-4-13-12(3-1)16-14(18-13)10-5-6-17-9-15-8-11(17)7-10/h1-9H. The van der Waals surface area contributed by atoms with Crippen molar-refractivity contribution in [1.82, 2.24) is 14.4 Å². The van der Waals surface area contributed by atoms with Crippen LogP contribution in [0.5, 0.6) is 0 Å². The van der Waals surface area contributed by atoms with Gasteiger partial charge >= 0.3 is 0 Å². The Hall–Kier alpha value is -2.62. The summed E-state index contributed by atoms with van der Waals surface area (Å²) in [4.78, 5) is 8.57. The van der Waals surface area contributed by atoms with Gasteiger partial charge in [-0.1, -0.05) is 12.1 Å². The molecule has 0 fully saturated rings. The van der Waals surface area contributed by atoms with Crippen LogP contribution >= 0.6 is 0 Å². The number of pyridine rings is 1. The molecule has 0 N–H and O–H groups in total. The molecule has 0 atom stereocenters. The van der Waals surface area contributed by atoms with Crippen molar-refractivity contribution in [2.45, 2.75) is 0 Å². The van der Waals surface area contributed by atoms with Crippen molar-refractivity contribution in [3.8, 4) is 11.5 Å². The molecule has 86 valence electrons. The number of para-hydroxylation sites is 2. The maximum atomic E-state index is 5.74. The van der Waals surface area contributed by atoms with Gasteiger partial charge in [0, 0.05) is 11.8 Å².